The number of halogens is 4. The van der Waals surface area contributed by atoms with E-state index in [0.717, 1.165) is 0 Å². The highest BCUT2D eigenvalue weighted by Crippen LogP contribution is 2.31. The third-order valence-electron chi connectivity index (χ3n) is 3.99. The van der Waals surface area contributed by atoms with Crippen LogP contribution in [0.15, 0.2) is 28.8 Å². The summed E-state index contributed by atoms with van der Waals surface area (Å²) in [7, 11) is 0. The van der Waals surface area contributed by atoms with E-state index in [9.17, 15) is 23.1 Å². The first kappa shape index (κ1) is 22.4. The van der Waals surface area contributed by atoms with E-state index in [2.05, 4.69) is 15.5 Å². The van der Waals surface area contributed by atoms with Crippen molar-refractivity contribution in [1.82, 2.24) is 10.1 Å². The predicted molar refractivity (Wildman–Crippen MR) is 92.4 cm³/mol. The van der Waals surface area contributed by atoms with Crippen LogP contribution in [-0.2, 0) is 14.3 Å². The molecule has 1 aliphatic heterocycles. The van der Waals surface area contributed by atoms with E-state index in [1.165, 1.54) is 0 Å². The minimum atomic E-state index is -5.08. The Morgan fingerprint density at radius 2 is 2.00 bits per heavy atom. The minimum absolute atomic E-state index is 0.134. The van der Waals surface area contributed by atoms with E-state index in [-0.39, 0.29) is 19.2 Å². The highest BCUT2D eigenvalue weighted by atomic mass is 35.5. The number of carboxylic acid groups (broad SMARTS) is 2. The van der Waals surface area contributed by atoms with Crippen LogP contribution in [0.5, 0.6) is 0 Å². The second-order valence-electron chi connectivity index (χ2n) is 6.17. The Morgan fingerprint density at radius 1 is 1.34 bits per heavy atom. The first-order valence-electron chi connectivity index (χ1n) is 7.91. The van der Waals surface area contributed by atoms with Gasteiger partial charge in [-0.25, -0.2) is 4.79 Å². The summed E-state index contributed by atoms with van der Waals surface area (Å²) in [6.45, 7) is 2.02. The second kappa shape index (κ2) is 8.66. The summed E-state index contributed by atoms with van der Waals surface area (Å²) in [6, 6.07) is 6.76. The SMILES string of the molecule is CC1(C(=O)O)COCC1Nc1nc(-c2cccc(Cl)c2)no1.O=C(O)C(F)(F)F. The van der Waals surface area contributed by atoms with Crippen LogP contribution in [-0.4, -0.2) is 57.7 Å². The van der Waals surface area contributed by atoms with Crippen molar-refractivity contribution in [2.45, 2.75) is 19.1 Å². The van der Waals surface area contributed by atoms with Gasteiger partial charge < -0.3 is 24.8 Å². The van der Waals surface area contributed by atoms with Crippen LogP contribution < -0.4 is 5.32 Å². The Balaban J connectivity index is 0.000000370. The number of ether oxygens (including phenoxy) is 1. The van der Waals surface area contributed by atoms with Gasteiger partial charge in [0.25, 0.3) is 0 Å². The molecular formula is C16H15ClF3N3O6. The molecule has 2 unspecified atom stereocenters. The molecule has 9 nitrogen and oxygen atoms in total. The zero-order valence-corrected chi connectivity index (χ0v) is 15.5. The van der Waals surface area contributed by atoms with Crippen molar-refractivity contribution in [2.75, 3.05) is 18.5 Å². The quantitative estimate of drug-likeness (QED) is 0.659. The molecule has 3 N–H and O–H groups in total. The van der Waals surface area contributed by atoms with E-state index in [0.29, 0.717) is 16.4 Å². The number of benzene rings is 1. The van der Waals surface area contributed by atoms with Crippen molar-refractivity contribution in [3.8, 4) is 11.4 Å². The molecule has 2 atom stereocenters. The van der Waals surface area contributed by atoms with Gasteiger partial charge in [-0.05, 0) is 19.1 Å². The zero-order chi connectivity index (χ0) is 21.8. The Labute approximate surface area is 166 Å². The first-order chi connectivity index (χ1) is 13.4. The average Bonchev–Trinajstić information content (AvgIpc) is 3.23. The maximum absolute atomic E-state index is 11.4. The molecule has 1 aromatic carbocycles. The summed E-state index contributed by atoms with van der Waals surface area (Å²) in [5.41, 5.74) is -0.321. The molecule has 2 aromatic rings. The summed E-state index contributed by atoms with van der Waals surface area (Å²) < 4.78 is 42.1. The molecule has 1 aromatic heterocycles. The van der Waals surface area contributed by atoms with Gasteiger partial charge in [0.05, 0.1) is 19.3 Å². The fraction of sp³-hybridized carbons (Fsp3) is 0.375. The number of rotatable bonds is 4. The lowest BCUT2D eigenvalue weighted by atomic mass is 9.85. The number of nitrogens with one attached hydrogen (secondary N) is 1. The van der Waals surface area contributed by atoms with Crippen molar-refractivity contribution in [2.24, 2.45) is 5.41 Å². The van der Waals surface area contributed by atoms with E-state index >= 15 is 0 Å². The van der Waals surface area contributed by atoms with Gasteiger partial charge in [-0.1, -0.05) is 28.9 Å². The standard InChI is InChI=1S/C14H14ClN3O4.C2HF3O2/c1-14(12(19)20)7-21-6-10(14)16-13-17-11(18-22-13)8-3-2-4-9(15)5-8;3-2(4,5)1(6)7/h2-5,10H,6-7H2,1H3,(H,19,20)(H,16,17,18);(H,6,7). The number of hydrogen-bond acceptors (Lipinski definition) is 7. The molecule has 0 saturated carbocycles. The summed E-state index contributed by atoms with van der Waals surface area (Å²) in [5.74, 6) is -3.31. The van der Waals surface area contributed by atoms with Gasteiger partial charge in [-0.3, -0.25) is 4.79 Å². The van der Waals surface area contributed by atoms with Gasteiger partial charge in [0.15, 0.2) is 0 Å². The first-order valence-corrected chi connectivity index (χ1v) is 8.28. The molecule has 0 aliphatic carbocycles. The summed E-state index contributed by atoms with van der Waals surface area (Å²) >= 11 is 5.93. The van der Waals surface area contributed by atoms with Crippen molar-refractivity contribution in [1.29, 1.82) is 0 Å². The molecule has 0 amide bonds. The molecule has 0 bridgehead atoms. The molecule has 158 valence electrons. The van der Waals surface area contributed by atoms with Crippen molar-refractivity contribution >= 4 is 29.6 Å². The van der Waals surface area contributed by atoms with Gasteiger partial charge in [-0.15, -0.1) is 0 Å². The number of carbonyl (C=O) groups is 2. The summed E-state index contributed by atoms with van der Waals surface area (Å²) in [5, 5.41) is 23.8. The monoisotopic (exact) mass is 437 g/mol. The number of aliphatic carboxylic acids is 2. The van der Waals surface area contributed by atoms with Crippen LogP contribution in [0, 0.1) is 5.41 Å². The fourth-order valence-electron chi connectivity index (χ4n) is 2.26. The largest absolute Gasteiger partial charge is 0.490 e. The lowest BCUT2D eigenvalue weighted by Gasteiger charge is -2.24. The van der Waals surface area contributed by atoms with Gasteiger partial charge >= 0.3 is 24.1 Å². The molecule has 2 heterocycles. The Morgan fingerprint density at radius 3 is 2.55 bits per heavy atom. The van der Waals surface area contributed by atoms with E-state index in [4.69, 9.17) is 30.8 Å². The van der Waals surface area contributed by atoms with E-state index in [1.807, 2.05) is 0 Å². The smallest absolute Gasteiger partial charge is 0.481 e. The topological polar surface area (TPSA) is 135 Å². The number of hydrogen-bond donors (Lipinski definition) is 3. The van der Waals surface area contributed by atoms with Gasteiger partial charge in [0.1, 0.15) is 5.41 Å². The third-order valence-corrected chi connectivity index (χ3v) is 4.23. The molecule has 13 heteroatoms. The van der Waals surface area contributed by atoms with Crippen LogP contribution >= 0.6 is 11.6 Å². The summed E-state index contributed by atoms with van der Waals surface area (Å²) in [6.07, 6.45) is -5.08. The maximum Gasteiger partial charge on any atom is 0.490 e. The molecule has 1 saturated heterocycles. The van der Waals surface area contributed by atoms with Crippen LogP contribution in [0.3, 0.4) is 0 Å². The van der Waals surface area contributed by atoms with Gasteiger partial charge in [0, 0.05) is 10.6 Å². The molecule has 1 aliphatic rings. The highest BCUT2D eigenvalue weighted by Gasteiger charge is 2.47. The van der Waals surface area contributed by atoms with Gasteiger partial charge in [-0.2, -0.15) is 18.2 Å². The van der Waals surface area contributed by atoms with Crippen LogP contribution in [0.1, 0.15) is 6.92 Å². The Kier molecular flexibility index (Phi) is 6.69. The molecule has 3 rings (SSSR count). The second-order valence-corrected chi connectivity index (χ2v) is 6.61. The Hall–Kier alpha value is -2.86. The molecular weight excluding hydrogens is 423 g/mol. The number of nitrogens with zero attached hydrogens (tertiary/aromatic N) is 2. The normalized spacial score (nSPS) is 21.2. The number of aromatic nitrogens is 2. The lowest BCUT2D eigenvalue weighted by molar-refractivity contribution is -0.192. The molecule has 29 heavy (non-hydrogen) atoms. The molecule has 0 spiro atoms. The molecule has 1 fully saturated rings. The van der Waals surface area contributed by atoms with Crippen LogP contribution in [0.2, 0.25) is 5.02 Å². The minimum Gasteiger partial charge on any atom is -0.481 e. The highest BCUT2D eigenvalue weighted by molar-refractivity contribution is 6.30. The van der Waals surface area contributed by atoms with Crippen LogP contribution in [0.25, 0.3) is 11.4 Å². The average molecular weight is 438 g/mol. The predicted octanol–water partition coefficient (Wildman–Crippen LogP) is 2.92. The number of anilines is 1. The Bertz CT molecular complexity index is 891. The van der Waals surface area contributed by atoms with Crippen molar-refractivity contribution in [3.05, 3.63) is 29.3 Å². The number of alkyl halides is 3. The molecule has 0 radical (unpaired) electrons. The third kappa shape index (κ3) is 5.57. The van der Waals surface area contributed by atoms with Crippen molar-refractivity contribution in [3.63, 3.8) is 0 Å². The van der Waals surface area contributed by atoms with Gasteiger partial charge in [0.2, 0.25) is 5.82 Å². The zero-order valence-electron chi connectivity index (χ0n) is 14.7. The summed E-state index contributed by atoms with van der Waals surface area (Å²) in [4.78, 5) is 24.5. The number of carboxylic acids is 2. The fourth-order valence-corrected chi connectivity index (χ4v) is 2.45. The van der Waals surface area contributed by atoms with Crippen molar-refractivity contribution < 1.29 is 42.2 Å². The van der Waals surface area contributed by atoms with E-state index < -0.39 is 29.6 Å². The lowest BCUT2D eigenvalue weighted by Crippen LogP contribution is -2.43. The van der Waals surface area contributed by atoms with E-state index in [1.54, 1.807) is 31.2 Å². The van der Waals surface area contributed by atoms with Crippen LogP contribution in [0.4, 0.5) is 19.2 Å². The maximum atomic E-state index is 11.4.